The Morgan fingerprint density at radius 1 is 1.23 bits per heavy atom. The highest BCUT2D eigenvalue weighted by molar-refractivity contribution is 6.06. The molecule has 4 rings (SSSR count). The lowest BCUT2D eigenvalue weighted by molar-refractivity contribution is -0.140. The molecule has 0 N–H and O–H groups in total. The fourth-order valence-electron chi connectivity index (χ4n) is 4.72. The highest BCUT2D eigenvalue weighted by Gasteiger charge is 2.59. The SMILES string of the molecule is C=CCc1cc(C=NN2C(=O)[C@@H]3[C@H](C2=O)[C@H]2C=C[C@H]3C2)cc(OCC)c1OCC#N. The van der Waals surface area contributed by atoms with Crippen molar-refractivity contribution in [1.29, 1.82) is 5.26 Å². The van der Waals surface area contributed by atoms with Crippen LogP contribution < -0.4 is 9.47 Å². The molecular formula is C23H23N3O4. The molecule has 0 aromatic heterocycles. The van der Waals surface area contributed by atoms with Crippen LogP contribution in [0.3, 0.4) is 0 Å². The number of hydrazone groups is 1. The number of amides is 2. The second-order valence-corrected chi connectivity index (χ2v) is 7.61. The number of ether oxygens (including phenoxy) is 2. The number of nitrogens with zero attached hydrogens (tertiary/aromatic N) is 3. The molecule has 0 spiro atoms. The van der Waals surface area contributed by atoms with Crippen LogP contribution in [0.4, 0.5) is 0 Å². The maximum Gasteiger partial charge on any atom is 0.254 e. The van der Waals surface area contributed by atoms with Gasteiger partial charge in [-0.05, 0) is 49.3 Å². The van der Waals surface area contributed by atoms with E-state index < -0.39 is 0 Å². The summed E-state index contributed by atoms with van der Waals surface area (Å²) >= 11 is 0. The summed E-state index contributed by atoms with van der Waals surface area (Å²) in [6.07, 6.45) is 8.72. The van der Waals surface area contributed by atoms with E-state index in [9.17, 15) is 9.59 Å². The van der Waals surface area contributed by atoms with Gasteiger partial charge in [-0.25, -0.2) is 0 Å². The number of benzene rings is 1. The van der Waals surface area contributed by atoms with Gasteiger partial charge in [0.15, 0.2) is 18.1 Å². The largest absolute Gasteiger partial charge is 0.490 e. The first-order valence-corrected chi connectivity index (χ1v) is 10.1. The first kappa shape index (κ1) is 19.9. The Kier molecular flexibility index (Phi) is 5.40. The van der Waals surface area contributed by atoms with E-state index in [1.807, 2.05) is 19.1 Å². The summed E-state index contributed by atoms with van der Waals surface area (Å²) in [4.78, 5) is 25.6. The smallest absolute Gasteiger partial charge is 0.254 e. The lowest BCUT2D eigenvalue weighted by atomic mass is 9.85. The number of allylic oxidation sites excluding steroid dienone is 3. The Morgan fingerprint density at radius 2 is 1.93 bits per heavy atom. The van der Waals surface area contributed by atoms with Gasteiger partial charge in [0.1, 0.15) is 6.07 Å². The lowest BCUT2D eigenvalue weighted by Crippen LogP contribution is -2.28. The monoisotopic (exact) mass is 405 g/mol. The number of hydrogen-bond donors (Lipinski definition) is 0. The highest BCUT2D eigenvalue weighted by Crippen LogP contribution is 2.52. The van der Waals surface area contributed by atoms with E-state index in [0.29, 0.717) is 30.1 Å². The topological polar surface area (TPSA) is 92.0 Å². The Labute approximate surface area is 175 Å². The van der Waals surface area contributed by atoms with Crippen LogP contribution in [0.25, 0.3) is 0 Å². The van der Waals surface area contributed by atoms with Crippen LogP contribution in [0, 0.1) is 35.0 Å². The van der Waals surface area contributed by atoms with Gasteiger partial charge in [-0.15, -0.1) is 6.58 Å². The third kappa shape index (κ3) is 3.28. The van der Waals surface area contributed by atoms with Gasteiger partial charge in [0, 0.05) is 5.56 Å². The van der Waals surface area contributed by atoms with Gasteiger partial charge in [-0.1, -0.05) is 18.2 Å². The zero-order valence-corrected chi connectivity index (χ0v) is 16.8. The van der Waals surface area contributed by atoms with Crippen molar-refractivity contribution in [1.82, 2.24) is 5.01 Å². The fourth-order valence-corrected chi connectivity index (χ4v) is 4.72. The molecule has 2 amide bonds. The molecule has 2 aliphatic carbocycles. The number of carbonyl (C=O) groups excluding carboxylic acids is 2. The number of rotatable bonds is 8. The summed E-state index contributed by atoms with van der Waals surface area (Å²) in [5, 5.41) is 14.1. The van der Waals surface area contributed by atoms with Gasteiger partial charge in [0.25, 0.3) is 11.8 Å². The third-order valence-corrected chi connectivity index (χ3v) is 5.87. The molecule has 7 nitrogen and oxygen atoms in total. The van der Waals surface area contributed by atoms with Crippen LogP contribution in [0.2, 0.25) is 0 Å². The minimum atomic E-state index is -0.276. The Morgan fingerprint density at radius 3 is 2.53 bits per heavy atom. The van der Waals surface area contributed by atoms with Crippen molar-refractivity contribution < 1.29 is 19.1 Å². The molecule has 154 valence electrons. The molecule has 0 unspecified atom stereocenters. The maximum absolute atomic E-state index is 12.8. The van der Waals surface area contributed by atoms with Crippen LogP contribution in [-0.2, 0) is 16.0 Å². The van der Waals surface area contributed by atoms with E-state index in [2.05, 4.69) is 23.8 Å². The summed E-state index contributed by atoms with van der Waals surface area (Å²) < 4.78 is 11.3. The van der Waals surface area contributed by atoms with Crippen molar-refractivity contribution in [3.05, 3.63) is 48.1 Å². The first-order chi connectivity index (χ1) is 14.6. The number of imide groups is 1. The van der Waals surface area contributed by atoms with Crippen molar-refractivity contribution in [2.45, 2.75) is 19.8 Å². The van der Waals surface area contributed by atoms with Gasteiger partial charge >= 0.3 is 0 Å². The summed E-state index contributed by atoms with van der Waals surface area (Å²) in [7, 11) is 0. The molecule has 30 heavy (non-hydrogen) atoms. The van der Waals surface area contributed by atoms with Crippen molar-refractivity contribution in [2.75, 3.05) is 13.2 Å². The van der Waals surface area contributed by atoms with E-state index in [1.165, 1.54) is 6.21 Å². The Hall–Kier alpha value is -3.40. The van der Waals surface area contributed by atoms with Crippen LogP contribution in [-0.4, -0.2) is 36.3 Å². The zero-order valence-electron chi connectivity index (χ0n) is 16.8. The molecule has 7 heteroatoms. The van der Waals surface area contributed by atoms with Crippen molar-refractivity contribution in [3.8, 4) is 17.6 Å². The van der Waals surface area contributed by atoms with E-state index in [-0.39, 0.29) is 42.1 Å². The molecule has 1 saturated carbocycles. The lowest BCUT2D eigenvalue weighted by Gasteiger charge is -2.15. The summed E-state index contributed by atoms with van der Waals surface area (Å²) in [5.74, 6) is 0.275. The third-order valence-electron chi connectivity index (χ3n) is 5.87. The molecule has 0 radical (unpaired) electrons. The standard InChI is InChI=1S/C23H23N3O4/c1-3-5-17-10-14(11-18(29-4-2)21(17)30-9-8-24)13-25-26-22(27)19-15-6-7-16(12-15)20(19)23(26)28/h3,6-7,10-11,13,15-16,19-20H,1,4-5,9,12H2,2H3/t15-,16-,19-,20+/m0/s1. The molecule has 1 heterocycles. The molecule has 1 aliphatic heterocycles. The van der Waals surface area contributed by atoms with Gasteiger partial charge in [0.05, 0.1) is 24.7 Å². The van der Waals surface area contributed by atoms with E-state index in [4.69, 9.17) is 14.7 Å². The Balaban J connectivity index is 1.62. The second-order valence-electron chi connectivity index (χ2n) is 7.61. The number of nitriles is 1. The van der Waals surface area contributed by atoms with Crippen molar-refractivity contribution in [2.24, 2.45) is 28.8 Å². The Bertz CT molecular complexity index is 961. The van der Waals surface area contributed by atoms with Crippen LogP contribution in [0.1, 0.15) is 24.5 Å². The summed E-state index contributed by atoms with van der Waals surface area (Å²) in [6, 6.07) is 5.51. The average molecular weight is 405 g/mol. The zero-order chi connectivity index (χ0) is 21.3. The fraction of sp³-hybridized carbons (Fsp3) is 0.391. The molecule has 3 aliphatic rings. The summed E-state index contributed by atoms with van der Waals surface area (Å²) in [6.45, 7) is 5.93. The minimum absolute atomic E-state index is 0.104. The predicted octanol–water partition coefficient (Wildman–Crippen LogP) is 2.86. The van der Waals surface area contributed by atoms with Crippen LogP contribution in [0.15, 0.2) is 42.0 Å². The quantitative estimate of drug-likeness (QED) is 0.377. The highest BCUT2D eigenvalue weighted by atomic mass is 16.5. The van der Waals surface area contributed by atoms with Gasteiger partial charge in [0.2, 0.25) is 0 Å². The molecule has 1 aromatic rings. The number of hydrogen-bond acceptors (Lipinski definition) is 6. The molecule has 1 aromatic carbocycles. The van der Waals surface area contributed by atoms with Crippen LogP contribution in [0.5, 0.6) is 11.5 Å². The molecule has 4 atom stereocenters. The second kappa shape index (κ2) is 8.15. The average Bonchev–Trinajstić information content (AvgIpc) is 3.41. The summed E-state index contributed by atoms with van der Waals surface area (Å²) in [5.41, 5.74) is 1.45. The van der Waals surface area contributed by atoms with Crippen molar-refractivity contribution in [3.63, 3.8) is 0 Å². The van der Waals surface area contributed by atoms with E-state index in [0.717, 1.165) is 17.0 Å². The molecule has 2 fully saturated rings. The van der Waals surface area contributed by atoms with E-state index in [1.54, 1.807) is 12.1 Å². The number of carbonyl (C=O) groups is 2. The van der Waals surface area contributed by atoms with Crippen molar-refractivity contribution >= 4 is 18.0 Å². The molecule has 2 bridgehead atoms. The number of fused-ring (bicyclic) bond motifs is 5. The predicted molar refractivity (Wildman–Crippen MR) is 110 cm³/mol. The van der Waals surface area contributed by atoms with E-state index >= 15 is 0 Å². The molecule has 1 saturated heterocycles. The van der Waals surface area contributed by atoms with Gasteiger partial charge in [-0.3, -0.25) is 9.59 Å². The van der Waals surface area contributed by atoms with Gasteiger partial charge in [-0.2, -0.15) is 15.4 Å². The van der Waals surface area contributed by atoms with Gasteiger partial charge < -0.3 is 9.47 Å². The minimum Gasteiger partial charge on any atom is -0.490 e. The maximum atomic E-state index is 12.8. The molecular weight excluding hydrogens is 382 g/mol. The van der Waals surface area contributed by atoms with Crippen LogP contribution >= 0.6 is 0 Å². The first-order valence-electron chi connectivity index (χ1n) is 10.1. The normalized spacial score (nSPS) is 26.3.